The molecule has 0 aromatic rings. The van der Waals surface area contributed by atoms with Crippen molar-refractivity contribution in [1.82, 2.24) is 0 Å². The quantitative estimate of drug-likeness (QED) is 0.452. The number of fused-ring (bicyclic) bond motifs is 4. The normalized spacial score (nSPS) is 51.9. The zero-order chi connectivity index (χ0) is 27.5. The lowest BCUT2D eigenvalue weighted by molar-refractivity contribution is -0.267. The van der Waals surface area contributed by atoms with E-state index >= 15 is 0 Å². The molecule has 3 saturated carbocycles. The highest BCUT2D eigenvalue weighted by Crippen LogP contribution is 2.72. The Morgan fingerprint density at radius 2 is 1.87 bits per heavy atom. The highest BCUT2D eigenvalue weighted by Gasteiger charge is 2.77. The van der Waals surface area contributed by atoms with E-state index in [-0.39, 0.29) is 34.8 Å². The lowest BCUT2D eigenvalue weighted by Gasteiger charge is -2.68. The van der Waals surface area contributed by atoms with Crippen molar-refractivity contribution < 1.29 is 34.4 Å². The maximum absolute atomic E-state index is 13.7. The number of carbonyl (C=O) groups is 2. The number of thioether (sulfide) groups is 1. The molecule has 0 aromatic heterocycles. The third kappa shape index (κ3) is 3.07. The smallest absolute Gasteiger partial charge is 0.334 e. The summed E-state index contributed by atoms with van der Waals surface area (Å²) in [6, 6.07) is 0. The van der Waals surface area contributed by atoms with Crippen LogP contribution in [-0.2, 0) is 19.1 Å². The van der Waals surface area contributed by atoms with Crippen LogP contribution in [0.3, 0.4) is 0 Å². The van der Waals surface area contributed by atoms with Crippen LogP contribution >= 0.6 is 11.8 Å². The molecule has 0 bridgehead atoms. The Hall–Kier alpha value is -1.19. The maximum Gasteiger partial charge on any atom is 0.334 e. The fourth-order valence-corrected chi connectivity index (χ4v) is 11.5. The largest absolute Gasteiger partial charge is 0.456 e. The maximum atomic E-state index is 13.7. The summed E-state index contributed by atoms with van der Waals surface area (Å²) in [6.07, 6.45) is 5.19. The van der Waals surface area contributed by atoms with E-state index in [1.807, 2.05) is 13.8 Å². The predicted molar refractivity (Wildman–Crippen MR) is 143 cm³/mol. The van der Waals surface area contributed by atoms with Crippen LogP contribution in [0.5, 0.6) is 0 Å². The highest BCUT2D eigenvalue weighted by molar-refractivity contribution is 8.00. The van der Waals surface area contributed by atoms with Crippen LogP contribution < -0.4 is 0 Å². The fourth-order valence-electron chi connectivity index (χ4n) is 9.98. The molecule has 6 aliphatic rings. The van der Waals surface area contributed by atoms with Gasteiger partial charge >= 0.3 is 5.97 Å². The number of rotatable bonds is 2. The van der Waals surface area contributed by atoms with Gasteiger partial charge < -0.3 is 24.8 Å². The molecular formula is C30H42O7S. The summed E-state index contributed by atoms with van der Waals surface area (Å²) in [6.45, 7) is 10.0. The first-order chi connectivity index (χ1) is 17.7. The van der Waals surface area contributed by atoms with Gasteiger partial charge in [0.15, 0.2) is 5.78 Å². The monoisotopic (exact) mass is 546 g/mol. The molecule has 4 fully saturated rings. The number of carbonyl (C=O) groups excluding carboxylic acids is 2. The van der Waals surface area contributed by atoms with Gasteiger partial charge in [-0.1, -0.05) is 12.5 Å². The van der Waals surface area contributed by atoms with Crippen molar-refractivity contribution in [2.24, 2.45) is 28.6 Å². The standard InChI is InChI=1S/C30H42O7S/c1-16-14-23(37-25(33)17(16)2)28(5,34)20-9-11-29(35)19-15-24-30(36-12-13-38-24)22(32)7-6-21(31)27(30,4)18(19)8-10-26(20,29)3/h6-7,18-20,22-24,32,34-35H,8-15H2,1-5H3/t18-,19+,20-,22-,23+,24-,26+,27-,28+,29+,30+/m0/s1. The summed E-state index contributed by atoms with van der Waals surface area (Å²) in [5.74, 6) is -0.199. The second kappa shape index (κ2) is 8.41. The minimum atomic E-state index is -1.31. The molecule has 6 rings (SSSR count). The van der Waals surface area contributed by atoms with Crippen molar-refractivity contribution in [2.75, 3.05) is 12.4 Å². The molecule has 11 atom stereocenters. The van der Waals surface area contributed by atoms with E-state index in [9.17, 15) is 24.9 Å². The molecule has 2 heterocycles. The summed E-state index contributed by atoms with van der Waals surface area (Å²) in [4.78, 5) is 26.3. The van der Waals surface area contributed by atoms with Crippen molar-refractivity contribution in [3.8, 4) is 0 Å². The molecule has 38 heavy (non-hydrogen) atoms. The second-order valence-electron chi connectivity index (χ2n) is 13.5. The molecular weight excluding hydrogens is 504 g/mol. The Labute approximate surface area is 229 Å². The van der Waals surface area contributed by atoms with Crippen molar-refractivity contribution in [1.29, 1.82) is 0 Å². The van der Waals surface area contributed by atoms with Crippen LogP contribution in [0.15, 0.2) is 23.3 Å². The van der Waals surface area contributed by atoms with Crippen molar-refractivity contribution >= 4 is 23.5 Å². The zero-order valence-electron chi connectivity index (χ0n) is 23.2. The van der Waals surface area contributed by atoms with E-state index in [1.165, 1.54) is 6.08 Å². The lowest BCUT2D eigenvalue weighted by atomic mass is 9.41. The van der Waals surface area contributed by atoms with E-state index in [0.717, 1.165) is 11.3 Å². The minimum Gasteiger partial charge on any atom is -0.456 e. The molecule has 210 valence electrons. The molecule has 4 aliphatic carbocycles. The highest BCUT2D eigenvalue weighted by atomic mass is 32.2. The van der Waals surface area contributed by atoms with Gasteiger partial charge in [-0.15, -0.1) is 0 Å². The molecule has 0 aromatic carbocycles. The number of ketones is 1. The van der Waals surface area contributed by atoms with Gasteiger partial charge in [0, 0.05) is 28.4 Å². The number of allylic oxidation sites excluding steroid dienone is 1. The van der Waals surface area contributed by atoms with Crippen molar-refractivity contribution in [2.45, 2.75) is 107 Å². The Bertz CT molecular complexity index is 1130. The van der Waals surface area contributed by atoms with Gasteiger partial charge in [0.1, 0.15) is 23.4 Å². The summed E-state index contributed by atoms with van der Waals surface area (Å²) in [5.41, 5.74) is -3.42. The van der Waals surface area contributed by atoms with Crippen molar-refractivity contribution in [3.05, 3.63) is 23.3 Å². The zero-order valence-corrected chi connectivity index (χ0v) is 24.0. The Balaban J connectivity index is 1.38. The Kier molecular flexibility index (Phi) is 5.98. The number of esters is 1. The molecule has 7 nitrogen and oxygen atoms in total. The average molecular weight is 547 g/mol. The summed E-state index contributed by atoms with van der Waals surface area (Å²) in [7, 11) is 0. The SMILES string of the molecule is CC1=C(C)C(=O)O[C@@H]([C@](C)(O)[C@H]2CC[C@@]3(O)[C@@H]4C[C@@H]5SCCO[C@]56[C@@H](O)C=CC(=O)[C@]6(C)[C@H]4CC[C@]23C)C1. The number of hydrogen-bond acceptors (Lipinski definition) is 8. The van der Waals surface area contributed by atoms with Gasteiger partial charge in [-0.05, 0) is 89.7 Å². The van der Waals surface area contributed by atoms with Gasteiger partial charge in [-0.25, -0.2) is 4.79 Å². The van der Waals surface area contributed by atoms with Gasteiger partial charge in [-0.3, -0.25) is 4.79 Å². The third-order valence-electron chi connectivity index (χ3n) is 12.3. The van der Waals surface area contributed by atoms with E-state index in [2.05, 4.69) is 6.92 Å². The van der Waals surface area contributed by atoms with E-state index < -0.39 is 39.8 Å². The van der Waals surface area contributed by atoms with Crippen LogP contribution in [0.4, 0.5) is 0 Å². The van der Waals surface area contributed by atoms with Crippen LogP contribution in [0, 0.1) is 28.6 Å². The molecule has 3 N–H and O–H groups in total. The molecule has 1 spiro atoms. The first-order valence-corrected chi connectivity index (χ1v) is 15.3. The Morgan fingerprint density at radius 3 is 2.58 bits per heavy atom. The van der Waals surface area contributed by atoms with Crippen molar-refractivity contribution in [3.63, 3.8) is 0 Å². The molecule has 2 aliphatic heterocycles. The number of ether oxygens (including phenoxy) is 2. The van der Waals surface area contributed by atoms with Crippen LogP contribution in [-0.4, -0.2) is 73.7 Å². The average Bonchev–Trinajstić information content (AvgIpc) is 3.16. The summed E-state index contributed by atoms with van der Waals surface area (Å²) in [5, 5.41) is 35.9. The number of aliphatic hydroxyl groups excluding tert-OH is 1. The lowest BCUT2D eigenvalue weighted by Crippen LogP contribution is -2.77. The predicted octanol–water partition coefficient (Wildman–Crippen LogP) is 3.34. The fraction of sp³-hybridized carbons (Fsp3) is 0.800. The summed E-state index contributed by atoms with van der Waals surface area (Å²) < 4.78 is 12.2. The minimum absolute atomic E-state index is 0.0227. The van der Waals surface area contributed by atoms with E-state index in [4.69, 9.17) is 9.47 Å². The van der Waals surface area contributed by atoms with Gasteiger partial charge in [0.05, 0.1) is 17.6 Å². The summed E-state index contributed by atoms with van der Waals surface area (Å²) >= 11 is 1.75. The molecule has 1 saturated heterocycles. The molecule has 0 radical (unpaired) electrons. The molecule has 0 unspecified atom stereocenters. The van der Waals surface area contributed by atoms with Gasteiger partial charge in [0.2, 0.25) is 0 Å². The number of hydrogen-bond donors (Lipinski definition) is 3. The number of cyclic esters (lactones) is 1. The first-order valence-electron chi connectivity index (χ1n) is 14.2. The van der Waals surface area contributed by atoms with Gasteiger partial charge in [0.25, 0.3) is 0 Å². The molecule has 0 amide bonds. The van der Waals surface area contributed by atoms with E-state index in [0.29, 0.717) is 50.7 Å². The second-order valence-corrected chi connectivity index (χ2v) is 14.8. The molecule has 8 heteroatoms. The first kappa shape index (κ1) is 27.0. The number of aliphatic hydroxyl groups is 3. The van der Waals surface area contributed by atoms with E-state index in [1.54, 1.807) is 31.7 Å². The Morgan fingerprint density at radius 1 is 1.13 bits per heavy atom. The third-order valence-corrected chi connectivity index (χ3v) is 13.7. The topological polar surface area (TPSA) is 113 Å². The van der Waals surface area contributed by atoms with Crippen LogP contribution in [0.2, 0.25) is 0 Å². The van der Waals surface area contributed by atoms with Crippen LogP contribution in [0.1, 0.15) is 73.1 Å². The van der Waals surface area contributed by atoms with Crippen LogP contribution in [0.25, 0.3) is 0 Å². The van der Waals surface area contributed by atoms with Gasteiger partial charge in [-0.2, -0.15) is 11.8 Å².